The maximum Gasteiger partial charge on any atom is 0.407 e. The first-order valence-electron chi connectivity index (χ1n) is 4.54. The molecule has 1 amide bonds. The van der Waals surface area contributed by atoms with E-state index in [0.29, 0.717) is 12.5 Å². The number of alkyl halides is 1. The van der Waals surface area contributed by atoms with Gasteiger partial charge in [-0.15, -0.1) is 0 Å². The van der Waals surface area contributed by atoms with Crippen LogP contribution >= 0.6 is 22.6 Å². The molecule has 0 aromatic heterocycles. The zero-order valence-electron chi connectivity index (χ0n) is 8.09. The first-order valence-corrected chi connectivity index (χ1v) is 6.06. The molecule has 1 aliphatic rings. The lowest BCUT2D eigenvalue weighted by Crippen LogP contribution is -2.41. The molecule has 1 atom stereocenters. The molecule has 0 bridgehead atoms. The molecule has 4 heteroatoms. The minimum atomic E-state index is -0.777. The number of nitrogens with zero attached hydrogens (tertiary/aromatic N) is 1. The largest absolute Gasteiger partial charge is 0.465 e. The third kappa shape index (κ3) is 2.48. The van der Waals surface area contributed by atoms with Crippen molar-refractivity contribution in [1.29, 1.82) is 0 Å². The van der Waals surface area contributed by atoms with Gasteiger partial charge in [0.15, 0.2) is 0 Å². The van der Waals surface area contributed by atoms with Crippen molar-refractivity contribution in [1.82, 2.24) is 4.90 Å². The van der Waals surface area contributed by atoms with Crippen molar-refractivity contribution in [3.05, 3.63) is 0 Å². The van der Waals surface area contributed by atoms with Crippen LogP contribution in [0.5, 0.6) is 0 Å². The highest BCUT2D eigenvalue weighted by Gasteiger charge is 2.40. The van der Waals surface area contributed by atoms with Crippen molar-refractivity contribution in [2.24, 2.45) is 5.92 Å². The summed E-state index contributed by atoms with van der Waals surface area (Å²) in [5, 5.41) is 8.96. The van der Waals surface area contributed by atoms with Crippen LogP contribution in [0, 0.1) is 5.92 Å². The van der Waals surface area contributed by atoms with E-state index in [9.17, 15) is 4.79 Å². The molecule has 1 fully saturated rings. The van der Waals surface area contributed by atoms with E-state index in [-0.39, 0.29) is 5.54 Å². The highest BCUT2D eigenvalue weighted by Crippen LogP contribution is 2.34. The summed E-state index contributed by atoms with van der Waals surface area (Å²) in [6, 6.07) is 0. The molecule has 1 N–H and O–H groups in total. The Morgan fingerprint density at radius 1 is 1.69 bits per heavy atom. The predicted octanol–water partition coefficient (Wildman–Crippen LogP) is 2.59. The lowest BCUT2D eigenvalue weighted by molar-refractivity contribution is 0.117. The monoisotopic (exact) mass is 297 g/mol. The molecule has 76 valence electrons. The molecule has 1 rings (SSSR count). The normalized spacial score (nSPS) is 26.4. The molecular formula is C9H16INO2. The Hall–Kier alpha value is 0. The Labute approximate surface area is 92.6 Å². The summed E-state index contributed by atoms with van der Waals surface area (Å²) in [5.74, 6) is 0.558. The summed E-state index contributed by atoms with van der Waals surface area (Å²) in [5.41, 5.74) is -0.164. The maximum absolute atomic E-state index is 10.9. The first kappa shape index (κ1) is 11.1. The Morgan fingerprint density at radius 2 is 2.31 bits per heavy atom. The molecular weight excluding hydrogens is 281 g/mol. The quantitative estimate of drug-likeness (QED) is 0.628. The van der Waals surface area contributed by atoms with Gasteiger partial charge in [-0.3, -0.25) is 0 Å². The van der Waals surface area contributed by atoms with Crippen LogP contribution in [-0.4, -0.2) is 32.6 Å². The number of carboxylic acid groups (broad SMARTS) is 1. The summed E-state index contributed by atoms with van der Waals surface area (Å²) in [7, 11) is 0. The topological polar surface area (TPSA) is 40.5 Å². The fourth-order valence-electron chi connectivity index (χ4n) is 2.07. The van der Waals surface area contributed by atoms with Crippen LogP contribution in [0.2, 0.25) is 0 Å². The van der Waals surface area contributed by atoms with Crippen LogP contribution in [-0.2, 0) is 0 Å². The molecule has 0 aromatic rings. The van der Waals surface area contributed by atoms with Crippen molar-refractivity contribution in [3.8, 4) is 0 Å². The van der Waals surface area contributed by atoms with Crippen LogP contribution < -0.4 is 0 Å². The van der Waals surface area contributed by atoms with Crippen molar-refractivity contribution in [2.75, 3.05) is 11.0 Å². The number of halogens is 1. The smallest absolute Gasteiger partial charge is 0.407 e. The zero-order valence-corrected chi connectivity index (χ0v) is 10.2. The van der Waals surface area contributed by atoms with Gasteiger partial charge in [0.1, 0.15) is 0 Å². The summed E-state index contributed by atoms with van der Waals surface area (Å²) >= 11 is 2.35. The van der Waals surface area contributed by atoms with Gasteiger partial charge in [-0.25, -0.2) is 4.79 Å². The third-order valence-corrected chi connectivity index (χ3v) is 3.33. The molecule has 0 aromatic carbocycles. The highest BCUT2D eigenvalue weighted by atomic mass is 127. The minimum Gasteiger partial charge on any atom is -0.465 e. The number of hydrogen-bond donors (Lipinski definition) is 1. The van der Waals surface area contributed by atoms with Gasteiger partial charge in [-0.1, -0.05) is 22.6 Å². The minimum absolute atomic E-state index is 0.164. The van der Waals surface area contributed by atoms with E-state index in [1.165, 1.54) is 0 Å². The van der Waals surface area contributed by atoms with E-state index < -0.39 is 6.09 Å². The second-order valence-corrected chi connectivity index (χ2v) is 5.33. The molecule has 0 unspecified atom stereocenters. The van der Waals surface area contributed by atoms with Crippen LogP contribution in [0.4, 0.5) is 4.79 Å². The van der Waals surface area contributed by atoms with Gasteiger partial charge in [0.25, 0.3) is 0 Å². The number of hydrogen-bond acceptors (Lipinski definition) is 1. The van der Waals surface area contributed by atoms with E-state index in [0.717, 1.165) is 17.3 Å². The standard InChI is InChI=1S/C9H16INO2/c1-9(2)5-7(3-4-10)6-11(9)8(12)13/h7H,3-6H2,1-2H3,(H,12,13)/t7-/m0/s1. The summed E-state index contributed by atoms with van der Waals surface area (Å²) in [6.07, 6.45) is 1.36. The summed E-state index contributed by atoms with van der Waals surface area (Å²) in [4.78, 5) is 12.5. The SMILES string of the molecule is CC1(C)C[C@H](CCI)CN1C(=O)O. The highest BCUT2D eigenvalue weighted by molar-refractivity contribution is 14.1. The number of likely N-dealkylation sites (tertiary alicyclic amines) is 1. The average Bonchev–Trinajstić information content (AvgIpc) is 2.26. The second-order valence-electron chi connectivity index (χ2n) is 4.25. The first-order chi connectivity index (χ1) is 5.97. The lowest BCUT2D eigenvalue weighted by atomic mass is 9.95. The average molecular weight is 297 g/mol. The van der Waals surface area contributed by atoms with E-state index in [2.05, 4.69) is 22.6 Å². The van der Waals surface area contributed by atoms with Gasteiger partial charge >= 0.3 is 6.09 Å². The molecule has 1 heterocycles. The van der Waals surface area contributed by atoms with Crippen LogP contribution in [0.1, 0.15) is 26.7 Å². The van der Waals surface area contributed by atoms with Crippen LogP contribution in [0.25, 0.3) is 0 Å². The van der Waals surface area contributed by atoms with Crippen molar-refractivity contribution >= 4 is 28.7 Å². The molecule has 1 saturated heterocycles. The van der Waals surface area contributed by atoms with Gasteiger partial charge in [-0.2, -0.15) is 0 Å². The molecule has 13 heavy (non-hydrogen) atoms. The van der Waals surface area contributed by atoms with Crippen LogP contribution in [0.15, 0.2) is 0 Å². The van der Waals surface area contributed by atoms with E-state index >= 15 is 0 Å². The fourth-order valence-corrected chi connectivity index (χ4v) is 2.95. The summed E-state index contributed by atoms with van der Waals surface area (Å²) < 4.78 is 1.12. The molecule has 0 spiro atoms. The maximum atomic E-state index is 10.9. The van der Waals surface area contributed by atoms with Gasteiger partial charge in [0, 0.05) is 12.1 Å². The zero-order chi connectivity index (χ0) is 10.1. The molecule has 1 aliphatic heterocycles. The predicted molar refractivity (Wildman–Crippen MR) is 60.4 cm³/mol. The Bertz CT molecular complexity index is 206. The molecule has 0 aliphatic carbocycles. The van der Waals surface area contributed by atoms with Crippen molar-refractivity contribution in [3.63, 3.8) is 0 Å². The molecule has 0 saturated carbocycles. The van der Waals surface area contributed by atoms with E-state index in [4.69, 9.17) is 5.11 Å². The van der Waals surface area contributed by atoms with Gasteiger partial charge in [0.2, 0.25) is 0 Å². The Kier molecular flexibility index (Phi) is 3.43. The van der Waals surface area contributed by atoms with Crippen molar-refractivity contribution in [2.45, 2.75) is 32.2 Å². The van der Waals surface area contributed by atoms with Gasteiger partial charge < -0.3 is 10.0 Å². The van der Waals surface area contributed by atoms with Crippen LogP contribution in [0.3, 0.4) is 0 Å². The van der Waals surface area contributed by atoms with E-state index in [1.807, 2.05) is 13.8 Å². The Balaban J connectivity index is 2.62. The number of rotatable bonds is 2. The molecule has 3 nitrogen and oxygen atoms in total. The molecule has 0 radical (unpaired) electrons. The second kappa shape index (κ2) is 4.02. The van der Waals surface area contributed by atoms with Gasteiger partial charge in [-0.05, 0) is 37.0 Å². The van der Waals surface area contributed by atoms with Gasteiger partial charge in [0.05, 0.1) is 0 Å². The number of carbonyl (C=O) groups is 1. The lowest BCUT2D eigenvalue weighted by Gasteiger charge is -2.28. The summed E-state index contributed by atoms with van der Waals surface area (Å²) in [6.45, 7) is 4.73. The number of amides is 1. The Morgan fingerprint density at radius 3 is 2.69 bits per heavy atom. The van der Waals surface area contributed by atoms with Crippen molar-refractivity contribution < 1.29 is 9.90 Å². The fraction of sp³-hybridized carbons (Fsp3) is 0.889. The van der Waals surface area contributed by atoms with E-state index in [1.54, 1.807) is 4.90 Å². The third-order valence-electron chi connectivity index (χ3n) is 2.71.